The third-order valence-electron chi connectivity index (χ3n) is 4.98. The zero-order chi connectivity index (χ0) is 20.1. The molecule has 1 aliphatic heterocycles. The summed E-state index contributed by atoms with van der Waals surface area (Å²) in [4.78, 5) is 39.5. The fourth-order valence-electron chi connectivity index (χ4n) is 3.77. The van der Waals surface area contributed by atoms with E-state index in [1.165, 1.54) is 0 Å². The summed E-state index contributed by atoms with van der Waals surface area (Å²) in [6.07, 6.45) is 1.10. The highest BCUT2D eigenvalue weighted by Gasteiger charge is 2.26. The van der Waals surface area contributed by atoms with Crippen LogP contribution in [0.3, 0.4) is 0 Å². The van der Waals surface area contributed by atoms with Gasteiger partial charge < -0.3 is 9.64 Å². The predicted octanol–water partition coefficient (Wildman–Crippen LogP) is 3.58. The number of nitrogens with zero attached hydrogens (tertiary/aromatic N) is 1. The molecule has 0 saturated carbocycles. The van der Waals surface area contributed by atoms with E-state index in [-0.39, 0.29) is 29.4 Å². The number of amides is 1. The topological polar surface area (TPSA) is 63.7 Å². The first-order chi connectivity index (χ1) is 13.5. The molecule has 1 amide bonds. The van der Waals surface area contributed by atoms with Crippen molar-refractivity contribution < 1.29 is 19.1 Å². The second-order valence-electron chi connectivity index (χ2n) is 7.56. The molecule has 1 fully saturated rings. The third kappa shape index (κ3) is 4.66. The summed E-state index contributed by atoms with van der Waals surface area (Å²) in [5, 5.41) is 0. The van der Waals surface area contributed by atoms with E-state index in [0.717, 1.165) is 6.42 Å². The van der Waals surface area contributed by atoms with Gasteiger partial charge in [0.05, 0.1) is 5.56 Å². The summed E-state index contributed by atoms with van der Waals surface area (Å²) in [6.45, 7) is 5.29. The van der Waals surface area contributed by atoms with Crippen LogP contribution in [0.15, 0.2) is 54.6 Å². The van der Waals surface area contributed by atoms with Gasteiger partial charge in [-0.25, -0.2) is 4.79 Å². The Bertz CT molecular complexity index is 852. The Labute approximate surface area is 165 Å². The molecule has 0 radical (unpaired) electrons. The van der Waals surface area contributed by atoms with Crippen molar-refractivity contribution in [3.05, 3.63) is 71.3 Å². The van der Waals surface area contributed by atoms with E-state index in [1.807, 2.05) is 6.07 Å². The van der Waals surface area contributed by atoms with Crippen molar-refractivity contribution in [2.75, 3.05) is 19.7 Å². The monoisotopic (exact) mass is 379 g/mol. The van der Waals surface area contributed by atoms with Gasteiger partial charge in [-0.05, 0) is 24.3 Å². The third-order valence-corrected chi connectivity index (χ3v) is 4.98. The Morgan fingerprint density at radius 2 is 1.46 bits per heavy atom. The van der Waals surface area contributed by atoms with E-state index in [1.54, 1.807) is 53.4 Å². The summed E-state index contributed by atoms with van der Waals surface area (Å²) in [5.74, 6) is -0.233. The number of piperidine rings is 1. The largest absolute Gasteiger partial charge is 0.452 e. The van der Waals surface area contributed by atoms with Crippen molar-refractivity contribution in [3.8, 4) is 0 Å². The molecule has 2 aromatic rings. The quantitative estimate of drug-likeness (QED) is 0.588. The van der Waals surface area contributed by atoms with E-state index in [9.17, 15) is 14.4 Å². The molecular formula is C23H25NO4. The summed E-state index contributed by atoms with van der Waals surface area (Å²) >= 11 is 0. The van der Waals surface area contributed by atoms with Crippen LogP contribution < -0.4 is 0 Å². The lowest BCUT2D eigenvalue weighted by atomic mass is 9.92. The van der Waals surface area contributed by atoms with Crippen LogP contribution in [0.4, 0.5) is 0 Å². The summed E-state index contributed by atoms with van der Waals surface area (Å²) < 4.78 is 5.26. The normalized spacial score (nSPS) is 19.1. The van der Waals surface area contributed by atoms with Crippen LogP contribution in [0.25, 0.3) is 0 Å². The molecule has 2 unspecified atom stereocenters. The van der Waals surface area contributed by atoms with Gasteiger partial charge in [0.1, 0.15) is 0 Å². The molecular weight excluding hydrogens is 354 g/mol. The minimum absolute atomic E-state index is 0.171. The average molecular weight is 379 g/mol. The second kappa shape index (κ2) is 8.83. The summed E-state index contributed by atoms with van der Waals surface area (Å²) in [6, 6.07) is 15.3. The molecule has 1 heterocycles. The maximum absolute atomic E-state index is 12.7. The Balaban J connectivity index is 1.68. The number of carbonyl (C=O) groups is 3. The Hall–Kier alpha value is -2.95. The van der Waals surface area contributed by atoms with Crippen LogP contribution >= 0.6 is 0 Å². The van der Waals surface area contributed by atoms with Crippen molar-refractivity contribution in [2.24, 2.45) is 11.8 Å². The van der Waals surface area contributed by atoms with Gasteiger partial charge in [0.15, 0.2) is 12.4 Å². The lowest BCUT2D eigenvalue weighted by molar-refractivity contribution is -0.137. The molecule has 0 aromatic heterocycles. The predicted molar refractivity (Wildman–Crippen MR) is 106 cm³/mol. The number of ketones is 1. The van der Waals surface area contributed by atoms with Crippen molar-refractivity contribution in [2.45, 2.75) is 20.3 Å². The van der Waals surface area contributed by atoms with Gasteiger partial charge >= 0.3 is 5.97 Å². The van der Waals surface area contributed by atoms with Gasteiger partial charge in [-0.1, -0.05) is 62.4 Å². The number of likely N-dealkylation sites (tertiary alicyclic amines) is 1. The summed E-state index contributed by atoms with van der Waals surface area (Å²) in [5.41, 5.74) is 0.936. The number of rotatable bonds is 5. The van der Waals surface area contributed by atoms with Crippen molar-refractivity contribution >= 4 is 17.7 Å². The highest BCUT2D eigenvalue weighted by Crippen LogP contribution is 2.21. The zero-order valence-electron chi connectivity index (χ0n) is 16.3. The van der Waals surface area contributed by atoms with Gasteiger partial charge in [-0.15, -0.1) is 0 Å². The molecule has 5 heteroatoms. The molecule has 0 bridgehead atoms. The molecule has 5 nitrogen and oxygen atoms in total. The van der Waals surface area contributed by atoms with Crippen LogP contribution in [-0.4, -0.2) is 42.3 Å². The molecule has 28 heavy (non-hydrogen) atoms. The number of hydrogen-bond acceptors (Lipinski definition) is 4. The van der Waals surface area contributed by atoms with Crippen molar-refractivity contribution in [1.82, 2.24) is 4.90 Å². The van der Waals surface area contributed by atoms with Gasteiger partial charge in [0, 0.05) is 24.2 Å². The van der Waals surface area contributed by atoms with Crippen LogP contribution in [-0.2, 0) is 9.53 Å². The van der Waals surface area contributed by atoms with Crippen LogP contribution in [0, 0.1) is 11.8 Å². The Morgan fingerprint density at radius 1 is 0.893 bits per heavy atom. The number of esters is 1. The van der Waals surface area contributed by atoms with Gasteiger partial charge in [0.25, 0.3) is 5.91 Å². The van der Waals surface area contributed by atoms with E-state index in [4.69, 9.17) is 4.74 Å². The van der Waals surface area contributed by atoms with E-state index in [2.05, 4.69) is 13.8 Å². The van der Waals surface area contributed by atoms with E-state index < -0.39 is 5.97 Å². The number of ether oxygens (including phenoxy) is 1. The van der Waals surface area contributed by atoms with Gasteiger partial charge in [-0.2, -0.15) is 0 Å². The Kier molecular flexibility index (Phi) is 6.24. The standard InChI is InChI=1S/C23H25NO4/c1-16-12-17(2)14-24(13-16)21(25)15-28-23(27)20-11-7-6-10-19(20)22(26)18-8-4-3-5-9-18/h3-11,16-17H,12-15H2,1-2H3. The summed E-state index contributed by atoms with van der Waals surface area (Å²) in [7, 11) is 0. The first-order valence-electron chi connectivity index (χ1n) is 9.59. The lowest BCUT2D eigenvalue weighted by Gasteiger charge is -2.34. The number of carbonyl (C=O) groups excluding carboxylic acids is 3. The molecule has 0 spiro atoms. The zero-order valence-corrected chi connectivity index (χ0v) is 16.3. The highest BCUT2D eigenvalue weighted by atomic mass is 16.5. The van der Waals surface area contributed by atoms with E-state index >= 15 is 0 Å². The second-order valence-corrected chi connectivity index (χ2v) is 7.56. The van der Waals surface area contributed by atoms with Crippen molar-refractivity contribution in [3.63, 3.8) is 0 Å². The molecule has 2 atom stereocenters. The van der Waals surface area contributed by atoms with Crippen LogP contribution in [0.2, 0.25) is 0 Å². The maximum atomic E-state index is 12.7. The van der Waals surface area contributed by atoms with Crippen LogP contribution in [0.5, 0.6) is 0 Å². The fourth-order valence-corrected chi connectivity index (χ4v) is 3.77. The minimum Gasteiger partial charge on any atom is -0.452 e. The highest BCUT2D eigenvalue weighted by molar-refractivity contribution is 6.14. The fraction of sp³-hybridized carbons (Fsp3) is 0.348. The first-order valence-corrected chi connectivity index (χ1v) is 9.59. The first kappa shape index (κ1) is 19.8. The van der Waals surface area contributed by atoms with Crippen molar-refractivity contribution in [1.29, 1.82) is 0 Å². The lowest BCUT2D eigenvalue weighted by Crippen LogP contribution is -2.44. The van der Waals surface area contributed by atoms with Crippen LogP contribution in [0.1, 0.15) is 46.5 Å². The Morgan fingerprint density at radius 3 is 2.11 bits per heavy atom. The molecule has 0 aliphatic carbocycles. The molecule has 146 valence electrons. The SMILES string of the molecule is CC1CC(C)CN(C(=O)COC(=O)c2ccccc2C(=O)c2ccccc2)C1. The maximum Gasteiger partial charge on any atom is 0.339 e. The molecule has 0 N–H and O–H groups in total. The van der Waals surface area contributed by atoms with E-state index in [0.29, 0.717) is 30.5 Å². The molecule has 1 aliphatic rings. The molecule has 2 aromatic carbocycles. The molecule has 3 rings (SSSR count). The van der Waals surface area contributed by atoms with Gasteiger partial charge in [0.2, 0.25) is 0 Å². The number of hydrogen-bond donors (Lipinski definition) is 0. The average Bonchev–Trinajstić information content (AvgIpc) is 2.71. The van der Waals surface area contributed by atoms with Gasteiger partial charge in [-0.3, -0.25) is 9.59 Å². The minimum atomic E-state index is -0.661. The molecule has 1 saturated heterocycles. The smallest absolute Gasteiger partial charge is 0.339 e. The number of benzene rings is 2.